The molecule has 2 aromatic heterocycles. The summed E-state index contributed by atoms with van der Waals surface area (Å²) in [6, 6.07) is 2.15. The number of carbonyl (C=O) groups excluding carboxylic acids is 1. The molecule has 1 saturated heterocycles. The summed E-state index contributed by atoms with van der Waals surface area (Å²) in [7, 11) is 0. The SMILES string of the molecule is Cc1noc2nc(C3CC3)cc(C(=O)N3CCNC[C@@H]3C)c12. The summed E-state index contributed by atoms with van der Waals surface area (Å²) < 4.78 is 5.33. The number of piperazine rings is 1. The fraction of sp³-hybridized carbons (Fsp3) is 0.562. The van der Waals surface area contributed by atoms with Crippen LogP contribution in [0, 0.1) is 6.92 Å². The molecule has 2 aliphatic rings. The lowest BCUT2D eigenvalue weighted by Crippen LogP contribution is -2.52. The highest BCUT2D eigenvalue weighted by Crippen LogP contribution is 2.40. The lowest BCUT2D eigenvalue weighted by atomic mass is 10.1. The molecule has 6 nitrogen and oxygen atoms in total. The van der Waals surface area contributed by atoms with E-state index >= 15 is 0 Å². The van der Waals surface area contributed by atoms with E-state index in [9.17, 15) is 4.79 Å². The van der Waals surface area contributed by atoms with Crippen molar-refractivity contribution in [3.05, 3.63) is 23.0 Å². The maximum Gasteiger partial charge on any atom is 0.259 e. The van der Waals surface area contributed by atoms with Crippen LogP contribution in [0.15, 0.2) is 10.6 Å². The molecule has 1 saturated carbocycles. The molecule has 0 unspecified atom stereocenters. The van der Waals surface area contributed by atoms with E-state index in [2.05, 4.69) is 22.4 Å². The van der Waals surface area contributed by atoms with Crippen molar-refractivity contribution in [1.29, 1.82) is 0 Å². The van der Waals surface area contributed by atoms with Gasteiger partial charge < -0.3 is 14.7 Å². The number of hydrogen-bond donors (Lipinski definition) is 1. The predicted octanol–water partition coefficient (Wildman–Crippen LogP) is 1.84. The van der Waals surface area contributed by atoms with Crippen molar-refractivity contribution in [3.8, 4) is 0 Å². The Labute approximate surface area is 128 Å². The number of hydrogen-bond acceptors (Lipinski definition) is 5. The Morgan fingerprint density at radius 3 is 3.00 bits per heavy atom. The molecule has 2 aromatic rings. The Bertz CT molecular complexity index is 735. The van der Waals surface area contributed by atoms with Crippen LogP contribution >= 0.6 is 0 Å². The van der Waals surface area contributed by atoms with Gasteiger partial charge in [0, 0.05) is 37.3 Å². The lowest BCUT2D eigenvalue weighted by Gasteiger charge is -2.34. The third-order valence-electron chi connectivity index (χ3n) is 4.63. The van der Waals surface area contributed by atoms with Crippen LogP contribution < -0.4 is 5.32 Å². The predicted molar refractivity (Wildman–Crippen MR) is 81.9 cm³/mol. The van der Waals surface area contributed by atoms with Crippen molar-refractivity contribution in [2.45, 2.75) is 38.6 Å². The van der Waals surface area contributed by atoms with E-state index in [1.807, 2.05) is 17.9 Å². The van der Waals surface area contributed by atoms with Crippen LogP contribution in [0.25, 0.3) is 11.1 Å². The van der Waals surface area contributed by atoms with Gasteiger partial charge in [-0.15, -0.1) is 0 Å². The van der Waals surface area contributed by atoms with Gasteiger partial charge in [0.2, 0.25) is 0 Å². The van der Waals surface area contributed by atoms with E-state index in [4.69, 9.17) is 4.52 Å². The minimum atomic E-state index is 0.0644. The van der Waals surface area contributed by atoms with Crippen molar-refractivity contribution in [3.63, 3.8) is 0 Å². The number of amides is 1. The molecule has 116 valence electrons. The number of nitrogens with zero attached hydrogens (tertiary/aromatic N) is 3. The van der Waals surface area contributed by atoms with Gasteiger partial charge in [0.15, 0.2) is 0 Å². The van der Waals surface area contributed by atoms with Crippen molar-refractivity contribution < 1.29 is 9.32 Å². The number of aromatic nitrogens is 2. The van der Waals surface area contributed by atoms with Crippen LogP contribution in [0.3, 0.4) is 0 Å². The topological polar surface area (TPSA) is 71.3 Å². The number of rotatable bonds is 2. The van der Waals surface area contributed by atoms with Gasteiger partial charge in [-0.3, -0.25) is 4.79 Å². The van der Waals surface area contributed by atoms with E-state index in [1.54, 1.807) is 0 Å². The quantitative estimate of drug-likeness (QED) is 0.916. The molecule has 2 fully saturated rings. The molecule has 1 aliphatic heterocycles. The highest BCUT2D eigenvalue weighted by Gasteiger charge is 2.31. The molecule has 4 rings (SSSR count). The molecule has 0 radical (unpaired) electrons. The highest BCUT2D eigenvalue weighted by molar-refractivity contribution is 6.06. The third kappa shape index (κ3) is 2.18. The zero-order chi connectivity index (χ0) is 15.3. The molecular formula is C16H20N4O2. The second-order valence-electron chi connectivity index (χ2n) is 6.37. The second-order valence-corrected chi connectivity index (χ2v) is 6.37. The van der Waals surface area contributed by atoms with Crippen molar-refractivity contribution in [2.75, 3.05) is 19.6 Å². The zero-order valence-corrected chi connectivity index (χ0v) is 12.9. The Balaban J connectivity index is 1.81. The third-order valence-corrected chi connectivity index (χ3v) is 4.63. The molecule has 0 spiro atoms. The van der Waals surface area contributed by atoms with Gasteiger partial charge in [-0.2, -0.15) is 0 Å². The average Bonchev–Trinajstić information content (AvgIpc) is 3.31. The fourth-order valence-electron chi connectivity index (χ4n) is 3.17. The van der Waals surface area contributed by atoms with Crippen LogP contribution in [0.5, 0.6) is 0 Å². The summed E-state index contributed by atoms with van der Waals surface area (Å²) in [6.45, 7) is 6.33. The Morgan fingerprint density at radius 1 is 1.45 bits per heavy atom. The summed E-state index contributed by atoms with van der Waals surface area (Å²) in [4.78, 5) is 19.6. The molecule has 22 heavy (non-hydrogen) atoms. The fourth-order valence-corrected chi connectivity index (χ4v) is 3.17. The minimum absolute atomic E-state index is 0.0644. The van der Waals surface area contributed by atoms with Crippen LogP contribution in [-0.2, 0) is 0 Å². The summed E-state index contributed by atoms with van der Waals surface area (Å²) in [5, 5.41) is 8.08. The monoisotopic (exact) mass is 300 g/mol. The average molecular weight is 300 g/mol. The first-order chi connectivity index (χ1) is 10.6. The maximum absolute atomic E-state index is 13.1. The van der Waals surface area contributed by atoms with Crippen LogP contribution in [0.4, 0.5) is 0 Å². The number of pyridine rings is 1. The molecule has 1 aliphatic carbocycles. The first kappa shape index (κ1) is 13.7. The Morgan fingerprint density at radius 2 is 2.27 bits per heavy atom. The summed E-state index contributed by atoms with van der Waals surface area (Å²) >= 11 is 0. The Kier molecular flexibility index (Phi) is 3.14. The largest absolute Gasteiger partial charge is 0.336 e. The Hall–Kier alpha value is -1.95. The molecular weight excluding hydrogens is 280 g/mol. The normalized spacial score (nSPS) is 22.3. The van der Waals surface area contributed by atoms with E-state index in [1.165, 1.54) is 0 Å². The van der Waals surface area contributed by atoms with Gasteiger partial charge >= 0.3 is 0 Å². The van der Waals surface area contributed by atoms with Crippen LogP contribution in [-0.4, -0.2) is 46.6 Å². The van der Waals surface area contributed by atoms with E-state index in [0.717, 1.165) is 49.2 Å². The number of carbonyl (C=O) groups is 1. The molecule has 1 N–H and O–H groups in total. The van der Waals surface area contributed by atoms with Gasteiger partial charge in [0.05, 0.1) is 16.6 Å². The molecule has 3 heterocycles. The zero-order valence-electron chi connectivity index (χ0n) is 12.9. The lowest BCUT2D eigenvalue weighted by molar-refractivity contribution is 0.0657. The number of aryl methyl sites for hydroxylation is 1. The van der Waals surface area contributed by atoms with Gasteiger partial charge in [-0.05, 0) is 32.8 Å². The molecule has 1 atom stereocenters. The second kappa shape index (κ2) is 5.05. The van der Waals surface area contributed by atoms with Crippen molar-refractivity contribution in [1.82, 2.24) is 20.4 Å². The van der Waals surface area contributed by atoms with Crippen molar-refractivity contribution >= 4 is 17.0 Å². The van der Waals surface area contributed by atoms with Crippen molar-refractivity contribution in [2.24, 2.45) is 0 Å². The first-order valence-corrected chi connectivity index (χ1v) is 7.93. The first-order valence-electron chi connectivity index (χ1n) is 7.93. The summed E-state index contributed by atoms with van der Waals surface area (Å²) in [6.07, 6.45) is 2.28. The highest BCUT2D eigenvalue weighted by atomic mass is 16.5. The standard InChI is InChI=1S/C16H20N4O2/c1-9-8-17-5-6-20(9)16(21)12-7-13(11-3-4-11)18-15-14(12)10(2)19-22-15/h7,9,11,17H,3-6,8H2,1-2H3/t9-/m0/s1. The maximum atomic E-state index is 13.1. The van der Waals surface area contributed by atoms with E-state index in [0.29, 0.717) is 17.2 Å². The van der Waals surface area contributed by atoms with E-state index in [-0.39, 0.29) is 11.9 Å². The van der Waals surface area contributed by atoms with Gasteiger partial charge in [0.1, 0.15) is 0 Å². The molecule has 0 aromatic carbocycles. The summed E-state index contributed by atoms with van der Waals surface area (Å²) in [5.41, 5.74) is 2.89. The minimum Gasteiger partial charge on any atom is -0.336 e. The summed E-state index contributed by atoms with van der Waals surface area (Å²) in [5.74, 6) is 0.538. The number of fused-ring (bicyclic) bond motifs is 1. The molecule has 6 heteroatoms. The van der Waals surface area contributed by atoms with Gasteiger partial charge in [0.25, 0.3) is 11.6 Å². The van der Waals surface area contributed by atoms with E-state index < -0.39 is 0 Å². The van der Waals surface area contributed by atoms with Gasteiger partial charge in [-0.1, -0.05) is 5.16 Å². The number of nitrogens with one attached hydrogen (secondary N) is 1. The molecule has 0 bridgehead atoms. The van der Waals surface area contributed by atoms with Crippen LogP contribution in [0.1, 0.15) is 47.4 Å². The van der Waals surface area contributed by atoms with Crippen LogP contribution in [0.2, 0.25) is 0 Å². The molecule has 1 amide bonds. The smallest absolute Gasteiger partial charge is 0.259 e. The van der Waals surface area contributed by atoms with Gasteiger partial charge in [-0.25, -0.2) is 4.98 Å².